The largest absolute Gasteiger partial charge is 0.466 e. The number of hydrogen-bond acceptors (Lipinski definition) is 4. The van der Waals surface area contributed by atoms with Crippen LogP contribution in [0, 0.1) is 0 Å². The summed E-state index contributed by atoms with van der Waals surface area (Å²) in [5.41, 5.74) is 0. The minimum Gasteiger partial charge on any atom is -0.466 e. The summed E-state index contributed by atoms with van der Waals surface area (Å²) in [5.74, 6) is -0.430. The molecule has 0 heterocycles. The van der Waals surface area contributed by atoms with Gasteiger partial charge in [-0.15, -0.1) is 0 Å². The molecule has 0 atom stereocenters. The van der Waals surface area contributed by atoms with Gasteiger partial charge in [0, 0.05) is 6.21 Å². The van der Waals surface area contributed by atoms with E-state index in [0.717, 1.165) is 0 Å². The second-order valence-electron chi connectivity index (χ2n) is 1.21. The fraction of sp³-hybridized carbons (Fsp3) is 0.600. The number of oxime groups is 1. The lowest BCUT2D eigenvalue weighted by atomic mass is 10.7. The summed E-state index contributed by atoms with van der Waals surface area (Å²) < 4.78 is 4.26. The fourth-order valence-corrected chi connectivity index (χ4v) is 0.223. The van der Waals surface area contributed by atoms with Crippen LogP contribution in [0.25, 0.3) is 0 Å². The van der Waals surface area contributed by atoms with Crippen molar-refractivity contribution < 1.29 is 14.4 Å². The Morgan fingerprint density at radius 1 is 1.78 bits per heavy atom. The molecule has 0 spiro atoms. The van der Waals surface area contributed by atoms with E-state index in [2.05, 4.69) is 14.7 Å². The summed E-state index contributed by atoms with van der Waals surface area (Å²) in [7, 11) is 1.29. The predicted octanol–water partition coefficient (Wildman–Crippen LogP) is 0.182. The van der Waals surface area contributed by atoms with Crippen LogP contribution >= 0.6 is 0 Å². The molecule has 0 aromatic carbocycles. The first-order valence-corrected chi connectivity index (χ1v) is 2.48. The number of esters is 1. The minimum atomic E-state index is -0.430. The van der Waals surface area contributed by atoms with Crippen molar-refractivity contribution in [2.75, 3.05) is 13.7 Å². The maximum absolute atomic E-state index is 10.3. The molecule has 0 unspecified atom stereocenters. The number of carbonyl (C=O) groups is 1. The number of methoxy groups -OCH3 is 1. The molecule has 0 aliphatic carbocycles. The highest BCUT2D eigenvalue weighted by molar-refractivity contribution is 5.70. The van der Waals surface area contributed by atoms with Crippen molar-refractivity contribution in [3.8, 4) is 0 Å². The van der Waals surface area contributed by atoms with Crippen molar-refractivity contribution in [2.45, 2.75) is 6.92 Å². The fourth-order valence-electron chi connectivity index (χ4n) is 0.223. The molecule has 4 nitrogen and oxygen atoms in total. The minimum absolute atomic E-state index is 0.124. The van der Waals surface area contributed by atoms with E-state index >= 15 is 0 Å². The summed E-state index contributed by atoms with van der Waals surface area (Å²) in [5, 5.41) is 3.33. The number of hydrogen-bond donors (Lipinski definition) is 0. The SMILES string of the molecule is C/C=N/OCC(=O)OC. The third-order valence-corrected chi connectivity index (χ3v) is 0.590. The highest BCUT2D eigenvalue weighted by atomic mass is 16.6. The van der Waals surface area contributed by atoms with E-state index in [4.69, 9.17) is 0 Å². The molecule has 0 N–H and O–H groups in total. The standard InChI is InChI=1S/C5H9NO3/c1-3-6-9-4-5(7)8-2/h3H,4H2,1-2H3/b6-3+. The molecule has 4 heteroatoms. The molecule has 0 saturated carbocycles. The molecule has 0 bridgehead atoms. The molecule has 0 amide bonds. The maximum atomic E-state index is 10.3. The zero-order valence-corrected chi connectivity index (χ0v) is 5.46. The van der Waals surface area contributed by atoms with E-state index < -0.39 is 5.97 Å². The van der Waals surface area contributed by atoms with Gasteiger partial charge in [-0.2, -0.15) is 0 Å². The van der Waals surface area contributed by atoms with Crippen LogP contribution in [0.2, 0.25) is 0 Å². The summed E-state index contributed by atoms with van der Waals surface area (Å²) >= 11 is 0. The summed E-state index contributed by atoms with van der Waals surface area (Å²) in [6.45, 7) is 1.57. The van der Waals surface area contributed by atoms with Gasteiger partial charge in [0.15, 0.2) is 0 Å². The Morgan fingerprint density at radius 3 is 2.89 bits per heavy atom. The first-order valence-electron chi connectivity index (χ1n) is 2.48. The molecule has 0 fully saturated rings. The lowest BCUT2D eigenvalue weighted by Gasteiger charge is -1.94. The molecule has 0 aromatic heterocycles. The molecule has 52 valence electrons. The van der Waals surface area contributed by atoms with E-state index in [1.807, 2.05) is 0 Å². The molecule has 0 aromatic rings. The van der Waals surface area contributed by atoms with E-state index in [0.29, 0.717) is 0 Å². The molecule has 0 rings (SSSR count). The Kier molecular flexibility index (Phi) is 4.49. The van der Waals surface area contributed by atoms with Gasteiger partial charge < -0.3 is 9.57 Å². The van der Waals surface area contributed by atoms with Gasteiger partial charge in [-0.05, 0) is 6.92 Å². The van der Waals surface area contributed by atoms with E-state index in [9.17, 15) is 4.79 Å². The van der Waals surface area contributed by atoms with Crippen molar-refractivity contribution in [1.29, 1.82) is 0 Å². The Hall–Kier alpha value is -1.06. The van der Waals surface area contributed by atoms with E-state index in [1.54, 1.807) is 6.92 Å². The molecule has 0 aliphatic rings. The van der Waals surface area contributed by atoms with E-state index in [-0.39, 0.29) is 6.61 Å². The first kappa shape index (κ1) is 7.94. The molecule has 0 aliphatic heterocycles. The molecule has 0 radical (unpaired) electrons. The third kappa shape index (κ3) is 4.80. The van der Waals surface area contributed by atoms with Crippen LogP contribution < -0.4 is 0 Å². The number of carbonyl (C=O) groups excluding carboxylic acids is 1. The van der Waals surface area contributed by atoms with Crippen molar-refractivity contribution in [3.05, 3.63) is 0 Å². The van der Waals surface area contributed by atoms with Gasteiger partial charge in [-0.3, -0.25) is 0 Å². The van der Waals surface area contributed by atoms with Crippen molar-refractivity contribution in [1.82, 2.24) is 0 Å². The number of rotatable bonds is 3. The summed E-state index contributed by atoms with van der Waals surface area (Å²) in [6, 6.07) is 0. The second-order valence-corrected chi connectivity index (χ2v) is 1.21. The molecule has 9 heavy (non-hydrogen) atoms. The van der Waals surface area contributed by atoms with Crippen LogP contribution in [0.1, 0.15) is 6.92 Å². The van der Waals surface area contributed by atoms with Crippen molar-refractivity contribution in [3.63, 3.8) is 0 Å². The zero-order valence-electron chi connectivity index (χ0n) is 5.46. The average Bonchev–Trinajstić information content (AvgIpc) is 1.89. The van der Waals surface area contributed by atoms with Crippen LogP contribution in [-0.2, 0) is 14.4 Å². The third-order valence-electron chi connectivity index (χ3n) is 0.590. The monoisotopic (exact) mass is 131 g/mol. The van der Waals surface area contributed by atoms with E-state index in [1.165, 1.54) is 13.3 Å². The van der Waals surface area contributed by atoms with Gasteiger partial charge in [0.1, 0.15) is 0 Å². The highest BCUT2D eigenvalue weighted by Crippen LogP contribution is 1.77. The lowest BCUT2D eigenvalue weighted by molar-refractivity contribution is -0.145. The van der Waals surface area contributed by atoms with Gasteiger partial charge in [0.05, 0.1) is 7.11 Å². The van der Waals surface area contributed by atoms with Crippen molar-refractivity contribution in [2.24, 2.45) is 5.16 Å². The smallest absolute Gasteiger partial charge is 0.346 e. The Bertz CT molecular complexity index is 111. The van der Waals surface area contributed by atoms with Gasteiger partial charge in [0.2, 0.25) is 6.61 Å². The molecule has 0 saturated heterocycles. The Morgan fingerprint density at radius 2 is 2.44 bits per heavy atom. The van der Waals surface area contributed by atoms with Gasteiger partial charge in [-0.1, -0.05) is 5.16 Å². The van der Waals surface area contributed by atoms with Crippen LogP contribution in [0.15, 0.2) is 5.16 Å². The average molecular weight is 131 g/mol. The Balaban J connectivity index is 3.17. The number of ether oxygens (including phenoxy) is 1. The second kappa shape index (κ2) is 5.08. The van der Waals surface area contributed by atoms with Crippen LogP contribution in [0.5, 0.6) is 0 Å². The summed E-state index contributed by atoms with van der Waals surface area (Å²) in [6.07, 6.45) is 1.45. The van der Waals surface area contributed by atoms with Crippen LogP contribution in [0.4, 0.5) is 0 Å². The lowest BCUT2D eigenvalue weighted by Crippen LogP contribution is -2.07. The van der Waals surface area contributed by atoms with Crippen LogP contribution in [-0.4, -0.2) is 25.9 Å². The van der Waals surface area contributed by atoms with Crippen LogP contribution in [0.3, 0.4) is 0 Å². The topological polar surface area (TPSA) is 47.9 Å². The quantitative estimate of drug-likeness (QED) is 0.312. The maximum Gasteiger partial charge on any atom is 0.346 e. The Labute approximate surface area is 53.4 Å². The molecular formula is C5H9NO3. The van der Waals surface area contributed by atoms with Gasteiger partial charge in [0.25, 0.3) is 0 Å². The summed E-state index contributed by atoms with van der Waals surface area (Å²) in [4.78, 5) is 14.7. The normalized spacial score (nSPS) is 9.56. The highest BCUT2D eigenvalue weighted by Gasteiger charge is 1.96. The predicted molar refractivity (Wildman–Crippen MR) is 32.1 cm³/mol. The molecular weight excluding hydrogens is 122 g/mol. The van der Waals surface area contributed by atoms with Gasteiger partial charge >= 0.3 is 5.97 Å². The van der Waals surface area contributed by atoms with Gasteiger partial charge in [-0.25, -0.2) is 4.79 Å². The first-order chi connectivity index (χ1) is 4.31. The van der Waals surface area contributed by atoms with Crippen molar-refractivity contribution >= 4 is 12.2 Å². The zero-order chi connectivity index (χ0) is 7.11. The number of nitrogens with zero attached hydrogens (tertiary/aromatic N) is 1.